The Morgan fingerprint density at radius 1 is 1.43 bits per heavy atom. The molecule has 0 saturated carbocycles. The summed E-state index contributed by atoms with van der Waals surface area (Å²) in [6.45, 7) is 7.37. The van der Waals surface area contributed by atoms with Gasteiger partial charge < -0.3 is 11.1 Å². The molecule has 0 aliphatic carbocycles. The molecule has 0 spiro atoms. The topological polar surface area (TPSA) is 98.3 Å². The lowest BCUT2D eigenvalue weighted by molar-refractivity contribution is -0.385. The molecule has 3 unspecified atom stereocenters. The van der Waals surface area contributed by atoms with Crippen LogP contribution < -0.4 is 11.1 Å². The van der Waals surface area contributed by atoms with Crippen molar-refractivity contribution in [3.8, 4) is 0 Å². The zero-order valence-electron chi connectivity index (χ0n) is 12.9. The first-order valence-corrected chi connectivity index (χ1v) is 7.08. The lowest BCUT2D eigenvalue weighted by Gasteiger charge is -2.21. The number of nitro benzene ring substituents is 1. The van der Waals surface area contributed by atoms with Crippen molar-refractivity contribution in [1.29, 1.82) is 0 Å². The number of nitrogens with zero attached hydrogens (tertiary/aromatic N) is 1. The van der Waals surface area contributed by atoms with Crippen molar-refractivity contribution < 1.29 is 9.72 Å². The van der Waals surface area contributed by atoms with Crippen LogP contribution in [-0.4, -0.2) is 16.9 Å². The maximum atomic E-state index is 12.0. The van der Waals surface area contributed by atoms with E-state index in [1.54, 1.807) is 26.0 Å². The fourth-order valence-electron chi connectivity index (χ4n) is 2.00. The van der Waals surface area contributed by atoms with Gasteiger partial charge >= 0.3 is 0 Å². The molecule has 21 heavy (non-hydrogen) atoms. The van der Waals surface area contributed by atoms with E-state index in [9.17, 15) is 14.9 Å². The summed E-state index contributed by atoms with van der Waals surface area (Å²) in [5.41, 5.74) is 7.22. The first-order chi connectivity index (χ1) is 9.77. The minimum Gasteiger partial charge on any atom is -0.348 e. The Morgan fingerprint density at radius 3 is 2.57 bits per heavy atom. The second-order valence-corrected chi connectivity index (χ2v) is 5.44. The van der Waals surface area contributed by atoms with Crippen LogP contribution in [0.1, 0.15) is 44.4 Å². The Labute approximate surface area is 124 Å². The van der Waals surface area contributed by atoms with Gasteiger partial charge in [-0.05, 0) is 25.3 Å². The monoisotopic (exact) mass is 293 g/mol. The van der Waals surface area contributed by atoms with Gasteiger partial charge in [0.1, 0.15) is 0 Å². The van der Waals surface area contributed by atoms with Gasteiger partial charge in [0, 0.05) is 11.6 Å². The third-order valence-corrected chi connectivity index (χ3v) is 3.85. The number of rotatable bonds is 6. The minimum atomic E-state index is -0.571. The van der Waals surface area contributed by atoms with Crippen LogP contribution in [0.3, 0.4) is 0 Å². The van der Waals surface area contributed by atoms with Gasteiger partial charge in [0.05, 0.1) is 17.0 Å². The molecule has 3 atom stereocenters. The van der Waals surface area contributed by atoms with Gasteiger partial charge in [0.25, 0.3) is 5.69 Å². The molecule has 116 valence electrons. The van der Waals surface area contributed by atoms with Gasteiger partial charge in [-0.1, -0.05) is 32.4 Å². The van der Waals surface area contributed by atoms with Crippen molar-refractivity contribution in [2.75, 3.05) is 0 Å². The predicted molar refractivity (Wildman–Crippen MR) is 81.8 cm³/mol. The van der Waals surface area contributed by atoms with E-state index in [1.807, 2.05) is 13.8 Å². The Bertz CT molecular complexity index is 531. The fourth-order valence-corrected chi connectivity index (χ4v) is 2.00. The Hall–Kier alpha value is -1.95. The molecule has 6 nitrogen and oxygen atoms in total. The standard InChI is InChI=1S/C15H23N3O3/c1-5-9(2)14(16)15(19)17-11(4)12-7-6-10(3)13(8-12)18(20)21/h6-9,11,14H,5,16H2,1-4H3,(H,17,19). The predicted octanol–water partition coefficient (Wildman–Crippen LogP) is 2.45. The van der Waals surface area contributed by atoms with Gasteiger partial charge in [-0.25, -0.2) is 0 Å². The molecule has 0 saturated heterocycles. The summed E-state index contributed by atoms with van der Waals surface area (Å²) < 4.78 is 0. The number of amides is 1. The molecular weight excluding hydrogens is 270 g/mol. The largest absolute Gasteiger partial charge is 0.348 e. The van der Waals surface area contributed by atoms with E-state index in [4.69, 9.17) is 5.73 Å². The van der Waals surface area contributed by atoms with E-state index >= 15 is 0 Å². The van der Waals surface area contributed by atoms with E-state index in [0.717, 1.165) is 6.42 Å². The molecule has 0 bridgehead atoms. The van der Waals surface area contributed by atoms with Crippen LogP contribution in [0.5, 0.6) is 0 Å². The third-order valence-electron chi connectivity index (χ3n) is 3.85. The number of carbonyl (C=O) groups excluding carboxylic acids is 1. The molecule has 6 heteroatoms. The minimum absolute atomic E-state index is 0.0554. The highest BCUT2D eigenvalue weighted by atomic mass is 16.6. The van der Waals surface area contributed by atoms with Crippen LogP contribution >= 0.6 is 0 Å². The molecule has 0 heterocycles. The van der Waals surface area contributed by atoms with Gasteiger partial charge in [-0.15, -0.1) is 0 Å². The summed E-state index contributed by atoms with van der Waals surface area (Å²) in [5.74, 6) is -0.148. The van der Waals surface area contributed by atoms with Gasteiger partial charge in [-0.2, -0.15) is 0 Å². The number of nitro groups is 1. The summed E-state index contributed by atoms with van der Waals surface area (Å²) in [4.78, 5) is 22.6. The zero-order chi connectivity index (χ0) is 16.2. The average molecular weight is 293 g/mol. The highest BCUT2D eigenvalue weighted by molar-refractivity contribution is 5.82. The Balaban J connectivity index is 2.85. The average Bonchev–Trinajstić information content (AvgIpc) is 2.45. The van der Waals surface area contributed by atoms with E-state index in [1.165, 1.54) is 6.07 Å². The second-order valence-electron chi connectivity index (χ2n) is 5.44. The van der Waals surface area contributed by atoms with Crippen LogP contribution in [0.25, 0.3) is 0 Å². The molecule has 1 rings (SSSR count). The molecule has 0 aliphatic rings. The molecule has 0 radical (unpaired) electrons. The van der Waals surface area contributed by atoms with Crippen molar-refractivity contribution in [2.24, 2.45) is 11.7 Å². The highest BCUT2D eigenvalue weighted by Gasteiger charge is 2.22. The van der Waals surface area contributed by atoms with Crippen molar-refractivity contribution in [2.45, 2.75) is 46.2 Å². The third kappa shape index (κ3) is 4.26. The van der Waals surface area contributed by atoms with Gasteiger partial charge in [0.15, 0.2) is 0 Å². The number of carbonyl (C=O) groups is 1. The first kappa shape index (κ1) is 17.1. The van der Waals surface area contributed by atoms with E-state index in [2.05, 4.69) is 5.32 Å². The zero-order valence-corrected chi connectivity index (χ0v) is 12.9. The number of hydrogen-bond acceptors (Lipinski definition) is 4. The van der Waals surface area contributed by atoms with Crippen molar-refractivity contribution in [1.82, 2.24) is 5.32 Å². The smallest absolute Gasteiger partial charge is 0.272 e. The van der Waals surface area contributed by atoms with Crippen molar-refractivity contribution >= 4 is 11.6 Å². The molecular formula is C15H23N3O3. The maximum Gasteiger partial charge on any atom is 0.272 e. The lowest BCUT2D eigenvalue weighted by Crippen LogP contribution is -2.45. The highest BCUT2D eigenvalue weighted by Crippen LogP contribution is 2.23. The van der Waals surface area contributed by atoms with Gasteiger partial charge in [-0.3, -0.25) is 14.9 Å². The Kier molecular flexibility index (Phi) is 5.84. The number of hydrogen-bond donors (Lipinski definition) is 2. The number of nitrogens with two attached hydrogens (primary N) is 1. The quantitative estimate of drug-likeness (QED) is 0.621. The normalized spacial score (nSPS) is 15.1. The molecule has 0 aromatic heterocycles. The van der Waals surface area contributed by atoms with E-state index in [0.29, 0.717) is 11.1 Å². The maximum absolute atomic E-state index is 12.0. The van der Waals surface area contributed by atoms with Crippen LogP contribution in [0.15, 0.2) is 18.2 Å². The SMILES string of the molecule is CCC(C)C(N)C(=O)NC(C)c1ccc(C)c([N+](=O)[O-])c1. The fraction of sp³-hybridized carbons (Fsp3) is 0.533. The molecule has 3 N–H and O–H groups in total. The molecule has 1 aromatic rings. The number of benzene rings is 1. The van der Waals surface area contributed by atoms with Crippen LogP contribution in [0, 0.1) is 23.0 Å². The number of aryl methyl sites for hydroxylation is 1. The second kappa shape index (κ2) is 7.17. The Morgan fingerprint density at radius 2 is 2.05 bits per heavy atom. The van der Waals surface area contributed by atoms with Crippen LogP contribution in [-0.2, 0) is 4.79 Å². The molecule has 0 aliphatic heterocycles. The first-order valence-electron chi connectivity index (χ1n) is 7.08. The van der Waals surface area contributed by atoms with Crippen LogP contribution in [0.2, 0.25) is 0 Å². The summed E-state index contributed by atoms with van der Waals surface area (Å²) in [6, 6.07) is 4.06. The van der Waals surface area contributed by atoms with E-state index < -0.39 is 11.0 Å². The summed E-state index contributed by atoms with van der Waals surface area (Å²) in [6.07, 6.45) is 0.818. The summed E-state index contributed by atoms with van der Waals surface area (Å²) >= 11 is 0. The van der Waals surface area contributed by atoms with Crippen molar-refractivity contribution in [3.63, 3.8) is 0 Å². The number of nitrogens with one attached hydrogen (secondary N) is 1. The van der Waals surface area contributed by atoms with Gasteiger partial charge in [0.2, 0.25) is 5.91 Å². The molecule has 0 fully saturated rings. The molecule has 1 amide bonds. The lowest BCUT2D eigenvalue weighted by atomic mass is 9.98. The molecule has 1 aromatic carbocycles. The van der Waals surface area contributed by atoms with Crippen LogP contribution in [0.4, 0.5) is 5.69 Å². The van der Waals surface area contributed by atoms with Crippen molar-refractivity contribution in [3.05, 3.63) is 39.4 Å². The summed E-state index contributed by atoms with van der Waals surface area (Å²) in [7, 11) is 0. The van der Waals surface area contributed by atoms with E-state index in [-0.39, 0.29) is 23.6 Å². The summed E-state index contributed by atoms with van der Waals surface area (Å²) in [5, 5.41) is 13.8.